The van der Waals surface area contributed by atoms with Crippen LogP contribution in [0.3, 0.4) is 0 Å². The molecule has 26 heavy (non-hydrogen) atoms. The number of ether oxygens (including phenoxy) is 1. The second kappa shape index (κ2) is 7.00. The number of fused-ring (bicyclic) bond motifs is 1. The minimum atomic E-state index is -0.895. The number of carbonyl (C=O) groups excluding carboxylic acids is 2. The lowest BCUT2D eigenvalue weighted by atomic mass is 10.0. The quantitative estimate of drug-likeness (QED) is 0.563. The molecule has 0 saturated heterocycles. The number of para-hydroxylation sites is 1. The molecule has 0 aliphatic carbocycles. The van der Waals surface area contributed by atoms with Gasteiger partial charge in [0.05, 0.1) is 5.56 Å². The molecule has 2 aromatic heterocycles. The van der Waals surface area contributed by atoms with Gasteiger partial charge in [0.15, 0.2) is 6.10 Å². The number of aryl methyl sites for hydroxylation is 1. The maximum absolute atomic E-state index is 12.8. The van der Waals surface area contributed by atoms with E-state index < -0.39 is 12.1 Å². The zero-order chi connectivity index (χ0) is 18.8. The lowest BCUT2D eigenvalue weighted by Crippen LogP contribution is -2.25. The van der Waals surface area contributed by atoms with E-state index in [2.05, 4.69) is 9.97 Å². The third-order valence-corrected chi connectivity index (χ3v) is 4.23. The van der Waals surface area contributed by atoms with E-state index in [9.17, 15) is 9.59 Å². The first-order valence-electron chi connectivity index (χ1n) is 8.34. The highest BCUT2D eigenvalue weighted by atomic mass is 16.5. The summed E-state index contributed by atoms with van der Waals surface area (Å²) < 4.78 is 5.37. The van der Waals surface area contributed by atoms with E-state index >= 15 is 0 Å². The molecule has 6 heteroatoms. The van der Waals surface area contributed by atoms with E-state index in [-0.39, 0.29) is 5.78 Å². The van der Waals surface area contributed by atoms with Gasteiger partial charge in [-0.25, -0.2) is 9.78 Å². The zero-order valence-electron chi connectivity index (χ0n) is 15.2. The van der Waals surface area contributed by atoms with Gasteiger partial charge < -0.3 is 14.6 Å². The number of H-pyrrole nitrogens is 1. The molecule has 3 aromatic rings. The lowest BCUT2D eigenvalue weighted by Gasteiger charge is -2.14. The number of aromatic nitrogens is 2. The standard InChI is InChI=1S/C20H21N3O3/c1-12-18(15-7-5-6-8-16(15)22-12)19(24)13(2)26-20(25)14-9-10-17(21-11-14)23(3)4/h5-11,13,22H,1-4H3/t13-/m0/s1. The highest BCUT2D eigenvalue weighted by Crippen LogP contribution is 2.24. The van der Waals surface area contributed by atoms with Gasteiger partial charge in [0.25, 0.3) is 0 Å². The Hall–Kier alpha value is -3.15. The van der Waals surface area contributed by atoms with Crippen LogP contribution in [0.15, 0.2) is 42.6 Å². The maximum atomic E-state index is 12.8. The molecule has 0 spiro atoms. The summed E-state index contributed by atoms with van der Waals surface area (Å²) in [4.78, 5) is 34.4. The van der Waals surface area contributed by atoms with Crippen LogP contribution in [0.1, 0.15) is 33.3 Å². The predicted molar refractivity (Wildman–Crippen MR) is 101 cm³/mol. The van der Waals surface area contributed by atoms with Crippen LogP contribution in [-0.2, 0) is 4.74 Å². The fourth-order valence-electron chi connectivity index (χ4n) is 2.85. The van der Waals surface area contributed by atoms with Gasteiger partial charge in [0, 0.05) is 42.5 Å². The van der Waals surface area contributed by atoms with Gasteiger partial charge in [-0.3, -0.25) is 4.79 Å². The van der Waals surface area contributed by atoms with Crippen LogP contribution >= 0.6 is 0 Å². The zero-order valence-corrected chi connectivity index (χ0v) is 15.2. The normalized spacial score (nSPS) is 12.0. The number of hydrogen-bond acceptors (Lipinski definition) is 5. The molecule has 134 valence electrons. The number of ketones is 1. The van der Waals surface area contributed by atoms with Crippen LogP contribution in [0.4, 0.5) is 5.82 Å². The number of hydrogen-bond donors (Lipinski definition) is 1. The van der Waals surface area contributed by atoms with Gasteiger partial charge in [-0.15, -0.1) is 0 Å². The number of nitrogens with one attached hydrogen (secondary N) is 1. The van der Waals surface area contributed by atoms with Crippen molar-refractivity contribution >= 4 is 28.5 Å². The molecule has 0 aliphatic rings. The second-order valence-corrected chi connectivity index (χ2v) is 6.38. The minimum Gasteiger partial charge on any atom is -0.451 e. The molecular formula is C20H21N3O3. The topological polar surface area (TPSA) is 75.3 Å². The van der Waals surface area contributed by atoms with Crippen LogP contribution in [0, 0.1) is 6.92 Å². The van der Waals surface area contributed by atoms with Crippen molar-refractivity contribution in [3.05, 3.63) is 59.4 Å². The monoisotopic (exact) mass is 351 g/mol. The first-order chi connectivity index (χ1) is 12.4. The molecule has 0 radical (unpaired) electrons. The third-order valence-electron chi connectivity index (χ3n) is 4.23. The number of esters is 1. The largest absolute Gasteiger partial charge is 0.451 e. The maximum Gasteiger partial charge on any atom is 0.340 e. The lowest BCUT2D eigenvalue weighted by molar-refractivity contribution is 0.0318. The molecular weight excluding hydrogens is 330 g/mol. The molecule has 1 aromatic carbocycles. The van der Waals surface area contributed by atoms with E-state index in [0.29, 0.717) is 11.1 Å². The Morgan fingerprint density at radius 2 is 1.88 bits per heavy atom. The average molecular weight is 351 g/mol. The van der Waals surface area contributed by atoms with Crippen molar-refractivity contribution in [1.82, 2.24) is 9.97 Å². The number of pyridine rings is 1. The number of benzene rings is 1. The van der Waals surface area contributed by atoms with Gasteiger partial charge in [0.1, 0.15) is 5.82 Å². The van der Waals surface area contributed by atoms with Crippen molar-refractivity contribution in [2.75, 3.05) is 19.0 Å². The van der Waals surface area contributed by atoms with Crippen LogP contribution in [0.2, 0.25) is 0 Å². The van der Waals surface area contributed by atoms with Gasteiger partial charge in [0.2, 0.25) is 5.78 Å². The summed E-state index contributed by atoms with van der Waals surface area (Å²) in [6, 6.07) is 10.9. The number of Topliss-reactive ketones (excluding diaryl/α,β-unsaturated/α-hetero) is 1. The minimum absolute atomic E-state index is 0.230. The Kier molecular flexibility index (Phi) is 4.75. The van der Waals surface area contributed by atoms with Gasteiger partial charge in [-0.1, -0.05) is 18.2 Å². The molecule has 1 atom stereocenters. The van der Waals surface area contributed by atoms with Crippen molar-refractivity contribution in [1.29, 1.82) is 0 Å². The summed E-state index contributed by atoms with van der Waals surface area (Å²) in [7, 11) is 3.73. The Bertz CT molecular complexity index is 958. The van der Waals surface area contributed by atoms with Gasteiger partial charge in [-0.2, -0.15) is 0 Å². The molecule has 0 unspecified atom stereocenters. The van der Waals surface area contributed by atoms with E-state index in [1.165, 1.54) is 6.20 Å². The molecule has 3 rings (SSSR count). The van der Waals surface area contributed by atoms with E-state index in [1.807, 2.05) is 50.2 Å². The van der Waals surface area contributed by atoms with Gasteiger partial charge >= 0.3 is 5.97 Å². The van der Waals surface area contributed by atoms with Crippen LogP contribution in [0.25, 0.3) is 10.9 Å². The average Bonchev–Trinajstić information content (AvgIpc) is 2.96. The molecule has 1 N–H and O–H groups in total. The number of anilines is 1. The fraction of sp³-hybridized carbons (Fsp3) is 0.250. The van der Waals surface area contributed by atoms with Crippen molar-refractivity contribution in [3.63, 3.8) is 0 Å². The summed E-state index contributed by atoms with van der Waals surface area (Å²) in [5.74, 6) is -0.0626. The van der Waals surface area contributed by atoms with Crippen molar-refractivity contribution in [2.45, 2.75) is 20.0 Å². The first kappa shape index (κ1) is 17.7. The molecule has 0 saturated carbocycles. The number of rotatable bonds is 5. The van der Waals surface area contributed by atoms with Crippen LogP contribution in [0.5, 0.6) is 0 Å². The molecule has 0 fully saturated rings. The van der Waals surface area contributed by atoms with Crippen molar-refractivity contribution in [2.24, 2.45) is 0 Å². The molecule has 0 bridgehead atoms. The second-order valence-electron chi connectivity index (χ2n) is 6.38. The third kappa shape index (κ3) is 3.31. The summed E-state index contributed by atoms with van der Waals surface area (Å²) in [5, 5.41) is 0.829. The Labute approximate surface area is 151 Å². The van der Waals surface area contributed by atoms with E-state index in [0.717, 1.165) is 22.4 Å². The highest BCUT2D eigenvalue weighted by Gasteiger charge is 2.25. The fourth-order valence-corrected chi connectivity index (χ4v) is 2.85. The van der Waals surface area contributed by atoms with Crippen LogP contribution < -0.4 is 4.90 Å². The number of nitrogens with zero attached hydrogens (tertiary/aromatic N) is 2. The van der Waals surface area contributed by atoms with E-state index in [4.69, 9.17) is 4.74 Å². The Morgan fingerprint density at radius 3 is 2.54 bits per heavy atom. The summed E-state index contributed by atoms with van der Waals surface area (Å²) in [5.41, 5.74) is 2.51. The molecule has 0 aliphatic heterocycles. The molecule has 6 nitrogen and oxygen atoms in total. The molecule has 0 amide bonds. The predicted octanol–water partition coefficient (Wildman–Crippen LogP) is 3.37. The van der Waals surface area contributed by atoms with Crippen molar-refractivity contribution in [3.8, 4) is 0 Å². The first-order valence-corrected chi connectivity index (χ1v) is 8.34. The molecule has 2 heterocycles. The smallest absolute Gasteiger partial charge is 0.340 e. The number of aromatic amines is 1. The van der Waals surface area contributed by atoms with Gasteiger partial charge in [-0.05, 0) is 32.0 Å². The number of carbonyl (C=O) groups is 2. The van der Waals surface area contributed by atoms with E-state index in [1.54, 1.807) is 19.1 Å². The van der Waals surface area contributed by atoms with Crippen LogP contribution in [-0.4, -0.2) is 41.9 Å². The Balaban J connectivity index is 1.78. The summed E-state index contributed by atoms with van der Waals surface area (Å²) in [6.45, 7) is 3.43. The van der Waals surface area contributed by atoms with Crippen molar-refractivity contribution < 1.29 is 14.3 Å². The SMILES string of the molecule is Cc1[nH]c2ccccc2c1C(=O)[C@H](C)OC(=O)c1ccc(N(C)C)nc1. The Morgan fingerprint density at radius 1 is 1.15 bits per heavy atom. The highest BCUT2D eigenvalue weighted by molar-refractivity contribution is 6.11. The summed E-state index contributed by atoms with van der Waals surface area (Å²) >= 11 is 0. The summed E-state index contributed by atoms with van der Waals surface area (Å²) in [6.07, 6.45) is 0.556.